The molecule has 11 heavy (non-hydrogen) atoms. The topological polar surface area (TPSA) is 72.5 Å². The summed E-state index contributed by atoms with van der Waals surface area (Å²) in [5.41, 5.74) is 5.05. The molecule has 0 aliphatic heterocycles. The minimum Gasteiger partial charge on any atom is -0.480 e. The first-order valence-corrected chi connectivity index (χ1v) is 3.00. The van der Waals surface area contributed by atoms with Crippen LogP contribution in [0.25, 0.3) is 0 Å². The summed E-state index contributed by atoms with van der Waals surface area (Å²) >= 11 is 0. The van der Waals surface area contributed by atoms with Crippen LogP contribution in [0.5, 0.6) is 0 Å². The molecule has 3 N–H and O–H groups in total. The lowest BCUT2D eigenvalue weighted by molar-refractivity contribution is -0.142. The second-order valence-electron chi connectivity index (χ2n) is 2.88. The van der Waals surface area contributed by atoms with Crippen molar-refractivity contribution in [3.8, 4) is 0 Å². The Kier molecular flexibility index (Phi) is 6.46. The van der Waals surface area contributed by atoms with Gasteiger partial charge in [0.15, 0.2) is 0 Å². The van der Waals surface area contributed by atoms with E-state index in [1.807, 2.05) is 0 Å². The standard InChI is InChI=1S/C6H13NO3.ClH/c1-6(2,7)4-10-3-5(8)9;/h3-4,7H2,1-2H3,(H,8,9);1H. The lowest BCUT2D eigenvalue weighted by Crippen LogP contribution is -2.38. The minimum absolute atomic E-state index is 0. The highest BCUT2D eigenvalue weighted by atomic mass is 35.5. The van der Waals surface area contributed by atoms with Crippen LogP contribution in [0, 0.1) is 0 Å². The predicted molar refractivity (Wildman–Crippen MR) is 44.0 cm³/mol. The number of aliphatic carboxylic acids is 1. The Bertz CT molecular complexity index is 121. The average Bonchev–Trinajstić information content (AvgIpc) is 1.59. The van der Waals surface area contributed by atoms with Crippen LogP contribution in [0.1, 0.15) is 13.8 Å². The molecule has 0 aliphatic carbocycles. The summed E-state index contributed by atoms with van der Waals surface area (Å²) in [5, 5.41) is 8.14. The van der Waals surface area contributed by atoms with Gasteiger partial charge in [0, 0.05) is 5.54 Å². The lowest BCUT2D eigenvalue weighted by atomic mass is 10.1. The molecule has 0 bridgehead atoms. The highest BCUT2D eigenvalue weighted by molar-refractivity contribution is 5.85. The molecule has 0 fully saturated rings. The van der Waals surface area contributed by atoms with Crippen LogP contribution in [0.2, 0.25) is 0 Å². The predicted octanol–water partition coefficient (Wildman–Crippen LogP) is 0.247. The van der Waals surface area contributed by atoms with Gasteiger partial charge in [-0.1, -0.05) is 0 Å². The average molecular weight is 184 g/mol. The van der Waals surface area contributed by atoms with E-state index < -0.39 is 11.5 Å². The number of ether oxygens (including phenoxy) is 1. The minimum atomic E-state index is -0.968. The first kappa shape index (κ1) is 13.3. The van der Waals surface area contributed by atoms with Gasteiger partial charge in [-0.25, -0.2) is 4.79 Å². The van der Waals surface area contributed by atoms with Gasteiger partial charge in [0.05, 0.1) is 6.61 Å². The number of hydrogen-bond acceptors (Lipinski definition) is 3. The normalized spacial score (nSPS) is 10.5. The van der Waals surface area contributed by atoms with Crippen molar-refractivity contribution < 1.29 is 14.6 Å². The molecule has 0 unspecified atom stereocenters. The van der Waals surface area contributed by atoms with E-state index in [1.165, 1.54) is 0 Å². The number of nitrogens with two attached hydrogens (primary N) is 1. The SMILES string of the molecule is CC(C)(N)COCC(=O)O.Cl. The molecule has 0 atom stereocenters. The summed E-state index contributed by atoms with van der Waals surface area (Å²) in [6.45, 7) is 3.53. The second kappa shape index (κ2) is 5.35. The van der Waals surface area contributed by atoms with E-state index in [2.05, 4.69) is 0 Å². The van der Waals surface area contributed by atoms with Gasteiger partial charge >= 0.3 is 5.97 Å². The number of carboxylic acids is 1. The summed E-state index contributed by atoms with van der Waals surface area (Å²) in [4.78, 5) is 9.92. The summed E-state index contributed by atoms with van der Waals surface area (Å²) in [6, 6.07) is 0. The van der Waals surface area contributed by atoms with Gasteiger partial charge in [-0.3, -0.25) is 0 Å². The Balaban J connectivity index is 0. The van der Waals surface area contributed by atoms with E-state index >= 15 is 0 Å². The summed E-state index contributed by atoms with van der Waals surface area (Å²) in [5.74, 6) is -0.968. The quantitative estimate of drug-likeness (QED) is 0.655. The van der Waals surface area contributed by atoms with Gasteiger partial charge in [0.25, 0.3) is 0 Å². The second-order valence-corrected chi connectivity index (χ2v) is 2.88. The van der Waals surface area contributed by atoms with Crippen LogP contribution in [0.3, 0.4) is 0 Å². The monoisotopic (exact) mass is 183 g/mol. The smallest absolute Gasteiger partial charge is 0.329 e. The summed E-state index contributed by atoms with van der Waals surface area (Å²) < 4.78 is 4.73. The maximum Gasteiger partial charge on any atom is 0.329 e. The van der Waals surface area contributed by atoms with Crippen molar-refractivity contribution in [3.63, 3.8) is 0 Å². The first-order chi connectivity index (χ1) is 4.42. The first-order valence-electron chi connectivity index (χ1n) is 3.00. The Morgan fingerprint density at radius 1 is 1.64 bits per heavy atom. The van der Waals surface area contributed by atoms with Crippen molar-refractivity contribution >= 4 is 18.4 Å². The van der Waals surface area contributed by atoms with Crippen molar-refractivity contribution in [1.29, 1.82) is 0 Å². The molecule has 0 rings (SSSR count). The molecule has 0 aliphatic rings. The molecule has 0 saturated carbocycles. The molecule has 0 saturated heterocycles. The molecule has 0 heterocycles. The number of rotatable bonds is 4. The lowest BCUT2D eigenvalue weighted by Gasteiger charge is -2.16. The molecule has 0 aromatic carbocycles. The van der Waals surface area contributed by atoms with Gasteiger partial charge in [-0.15, -0.1) is 12.4 Å². The molecular weight excluding hydrogens is 170 g/mol. The van der Waals surface area contributed by atoms with E-state index in [0.29, 0.717) is 0 Å². The van der Waals surface area contributed by atoms with Crippen molar-refractivity contribution in [2.24, 2.45) is 5.73 Å². The van der Waals surface area contributed by atoms with Crippen LogP contribution >= 0.6 is 12.4 Å². The zero-order chi connectivity index (χ0) is 8.20. The van der Waals surface area contributed by atoms with Crippen LogP contribution in [-0.2, 0) is 9.53 Å². The molecule has 0 spiro atoms. The highest BCUT2D eigenvalue weighted by Crippen LogP contribution is 1.95. The summed E-state index contributed by atoms with van der Waals surface area (Å²) in [6.07, 6.45) is 0. The fraction of sp³-hybridized carbons (Fsp3) is 0.833. The van der Waals surface area contributed by atoms with Crippen molar-refractivity contribution in [3.05, 3.63) is 0 Å². The van der Waals surface area contributed by atoms with E-state index in [1.54, 1.807) is 13.8 Å². The molecule has 4 nitrogen and oxygen atoms in total. The fourth-order valence-corrected chi connectivity index (χ4v) is 0.401. The van der Waals surface area contributed by atoms with Crippen LogP contribution < -0.4 is 5.73 Å². The molecule has 0 radical (unpaired) electrons. The van der Waals surface area contributed by atoms with Gasteiger partial charge in [0.1, 0.15) is 6.61 Å². The Morgan fingerprint density at radius 2 is 2.09 bits per heavy atom. The number of carboxylic acid groups (broad SMARTS) is 1. The van der Waals surface area contributed by atoms with Crippen molar-refractivity contribution in [2.75, 3.05) is 13.2 Å². The van der Waals surface area contributed by atoms with Gasteiger partial charge < -0.3 is 15.6 Å². The van der Waals surface area contributed by atoms with Crippen LogP contribution in [0.15, 0.2) is 0 Å². The third-order valence-electron chi connectivity index (χ3n) is 0.700. The van der Waals surface area contributed by atoms with Gasteiger partial charge in [0.2, 0.25) is 0 Å². The van der Waals surface area contributed by atoms with Crippen LogP contribution in [-0.4, -0.2) is 29.8 Å². The highest BCUT2D eigenvalue weighted by Gasteiger charge is 2.10. The van der Waals surface area contributed by atoms with E-state index in [-0.39, 0.29) is 25.6 Å². The number of hydrogen-bond donors (Lipinski definition) is 2. The van der Waals surface area contributed by atoms with Gasteiger partial charge in [-0.05, 0) is 13.8 Å². The number of halogens is 1. The zero-order valence-electron chi connectivity index (χ0n) is 6.66. The molecule has 5 heteroatoms. The fourth-order valence-electron chi connectivity index (χ4n) is 0.401. The molecule has 0 aromatic heterocycles. The largest absolute Gasteiger partial charge is 0.480 e. The van der Waals surface area contributed by atoms with Crippen LogP contribution in [0.4, 0.5) is 0 Å². The van der Waals surface area contributed by atoms with E-state index in [4.69, 9.17) is 15.6 Å². The number of carbonyl (C=O) groups is 1. The molecule has 68 valence electrons. The third-order valence-corrected chi connectivity index (χ3v) is 0.700. The third kappa shape index (κ3) is 12.8. The summed E-state index contributed by atoms with van der Waals surface area (Å²) in [7, 11) is 0. The Labute approximate surface area is 72.1 Å². The maximum atomic E-state index is 9.92. The molecular formula is C6H14ClNO3. The molecule has 0 aromatic rings. The van der Waals surface area contributed by atoms with E-state index in [0.717, 1.165) is 0 Å². The van der Waals surface area contributed by atoms with Crippen molar-refractivity contribution in [1.82, 2.24) is 0 Å². The maximum absolute atomic E-state index is 9.92. The van der Waals surface area contributed by atoms with Gasteiger partial charge in [-0.2, -0.15) is 0 Å². The zero-order valence-corrected chi connectivity index (χ0v) is 7.48. The van der Waals surface area contributed by atoms with E-state index in [9.17, 15) is 4.79 Å². The molecule has 0 amide bonds. The Morgan fingerprint density at radius 3 is 2.36 bits per heavy atom. The Hall–Kier alpha value is -0.320. The van der Waals surface area contributed by atoms with Crippen molar-refractivity contribution in [2.45, 2.75) is 19.4 Å².